The standard InChI is InChI=1S/C9H10Cl2O4S/c1-14-8-4-3-7(10)6(9(8)15-2)5-16(11,12)13/h3-4H,5H2,1-2H3. The molecular weight excluding hydrogens is 275 g/mol. The molecule has 0 atom stereocenters. The first-order valence-electron chi connectivity index (χ1n) is 4.20. The third-order valence-electron chi connectivity index (χ3n) is 1.91. The molecule has 7 heteroatoms. The highest BCUT2D eigenvalue weighted by atomic mass is 35.7. The van der Waals surface area contributed by atoms with Gasteiger partial charge >= 0.3 is 0 Å². The number of methoxy groups -OCH3 is 2. The molecule has 1 rings (SSSR count). The van der Waals surface area contributed by atoms with Gasteiger partial charge in [-0.05, 0) is 12.1 Å². The number of halogens is 2. The lowest BCUT2D eigenvalue weighted by atomic mass is 10.2. The second kappa shape index (κ2) is 5.12. The Morgan fingerprint density at radius 3 is 2.31 bits per heavy atom. The minimum absolute atomic E-state index is 0.266. The lowest BCUT2D eigenvalue weighted by Crippen LogP contribution is -2.01. The molecule has 1 aromatic rings. The largest absolute Gasteiger partial charge is 0.493 e. The summed E-state index contributed by atoms with van der Waals surface area (Å²) in [6.45, 7) is 0. The average Bonchev–Trinajstić information content (AvgIpc) is 2.19. The van der Waals surface area contributed by atoms with Crippen LogP contribution in [0.4, 0.5) is 0 Å². The van der Waals surface area contributed by atoms with Crippen LogP contribution in [-0.4, -0.2) is 22.6 Å². The van der Waals surface area contributed by atoms with Gasteiger partial charge in [0.25, 0.3) is 0 Å². The third-order valence-corrected chi connectivity index (χ3v) is 3.22. The fourth-order valence-electron chi connectivity index (χ4n) is 1.27. The summed E-state index contributed by atoms with van der Waals surface area (Å²) in [6, 6.07) is 3.12. The van der Waals surface area contributed by atoms with Crippen LogP contribution >= 0.6 is 22.3 Å². The number of hydrogen-bond donors (Lipinski definition) is 0. The van der Waals surface area contributed by atoms with Gasteiger partial charge in [-0.3, -0.25) is 0 Å². The van der Waals surface area contributed by atoms with Crippen LogP contribution in [0.5, 0.6) is 11.5 Å². The van der Waals surface area contributed by atoms with Crippen molar-refractivity contribution >= 4 is 31.3 Å². The van der Waals surface area contributed by atoms with Crippen molar-refractivity contribution in [2.24, 2.45) is 0 Å². The van der Waals surface area contributed by atoms with Crippen LogP contribution in [0.25, 0.3) is 0 Å². The van der Waals surface area contributed by atoms with Gasteiger partial charge in [0.1, 0.15) is 0 Å². The van der Waals surface area contributed by atoms with E-state index in [-0.39, 0.29) is 10.8 Å². The molecular formula is C9H10Cl2O4S. The Bertz CT molecular complexity index is 485. The fourth-order valence-corrected chi connectivity index (χ4v) is 2.53. The molecule has 0 radical (unpaired) electrons. The Hall–Kier alpha value is -0.650. The van der Waals surface area contributed by atoms with Crippen molar-refractivity contribution in [3.63, 3.8) is 0 Å². The van der Waals surface area contributed by atoms with Crippen LogP contribution in [0.2, 0.25) is 5.02 Å². The van der Waals surface area contributed by atoms with E-state index in [4.69, 9.17) is 31.8 Å². The Balaban J connectivity index is 3.34. The molecule has 0 saturated carbocycles. The highest BCUT2D eigenvalue weighted by molar-refractivity contribution is 8.13. The first-order chi connectivity index (χ1) is 7.39. The smallest absolute Gasteiger partial charge is 0.236 e. The topological polar surface area (TPSA) is 52.6 Å². The van der Waals surface area contributed by atoms with Crippen molar-refractivity contribution in [1.29, 1.82) is 0 Å². The maximum absolute atomic E-state index is 11.0. The number of ether oxygens (including phenoxy) is 2. The molecule has 0 unspecified atom stereocenters. The normalized spacial score (nSPS) is 11.2. The molecule has 0 aliphatic heterocycles. The summed E-state index contributed by atoms with van der Waals surface area (Å²) in [7, 11) is 4.33. The fraction of sp³-hybridized carbons (Fsp3) is 0.333. The zero-order valence-electron chi connectivity index (χ0n) is 8.66. The predicted molar refractivity (Wildman–Crippen MR) is 63.0 cm³/mol. The first kappa shape index (κ1) is 13.4. The number of rotatable bonds is 4. The highest BCUT2D eigenvalue weighted by Crippen LogP contribution is 2.37. The molecule has 0 aliphatic carbocycles. The van der Waals surface area contributed by atoms with E-state index in [0.29, 0.717) is 11.3 Å². The van der Waals surface area contributed by atoms with Crippen molar-refractivity contribution in [3.8, 4) is 11.5 Å². The molecule has 0 aromatic heterocycles. The highest BCUT2D eigenvalue weighted by Gasteiger charge is 2.19. The molecule has 0 heterocycles. The SMILES string of the molecule is COc1ccc(Cl)c(CS(=O)(=O)Cl)c1OC. The summed E-state index contributed by atoms with van der Waals surface area (Å²) < 4.78 is 32.1. The van der Waals surface area contributed by atoms with E-state index in [1.807, 2.05) is 0 Å². The summed E-state index contributed by atoms with van der Waals surface area (Å²) >= 11 is 5.88. The third kappa shape index (κ3) is 3.17. The second-order valence-corrected chi connectivity index (χ2v) is 6.13. The van der Waals surface area contributed by atoms with E-state index in [2.05, 4.69) is 0 Å². The van der Waals surface area contributed by atoms with Gasteiger partial charge in [0, 0.05) is 21.3 Å². The van der Waals surface area contributed by atoms with Crippen molar-refractivity contribution < 1.29 is 17.9 Å². The molecule has 16 heavy (non-hydrogen) atoms. The summed E-state index contributed by atoms with van der Waals surface area (Å²) in [5, 5.41) is 0.266. The lowest BCUT2D eigenvalue weighted by Gasteiger charge is -2.12. The number of hydrogen-bond acceptors (Lipinski definition) is 4. The number of benzene rings is 1. The van der Waals surface area contributed by atoms with Crippen molar-refractivity contribution in [1.82, 2.24) is 0 Å². The van der Waals surface area contributed by atoms with Crippen LogP contribution in [-0.2, 0) is 14.8 Å². The van der Waals surface area contributed by atoms with Gasteiger partial charge in [-0.15, -0.1) is 0 Å². The van der Waals surface area contributed by atoms with Gasteiger partial charge in [-0.25, -0.2) is 8.42 Å². The molecule has 4 nitrogen and oxygen atoms in total. The maximum Gasteiger partial charge on any atom is 0.236 e. The van der Waals surface area contributed by atoms with E-state index < -0.39 is 14.8 Å². The summed E-state index contributed by atoms with van der Waals surface area (Å²) in [6.07, 6.45) is 0. The lowest BCUT2D eigenvalue weighted by molar-refractivity contribution is 0.352. The van der Waals surface area contributed by atoms with Crippen LogP contribution in [0, 0.1) is 0 Å². The molecule has 0 saturated heterocycles. The molecule has 1 aromatic carbocycles. The molecule has 0 fully saturated rings. The minimum atomic E-state index is -3.71. The Morgan fingerprint density at radius 2 is 1.88 bits per heavy atom. The molecule has 90 valence electrons. The van der Waals surface area contributed by atoms with Gasteiger partial charge in [-0.1, -0.05) is 11.6 Å². The summed E-state index contributed by atoms with van der Waals surface area (Å²) in [5.41, 5.74) is 0.290. The Labute approximate surface area is 103 Å². The van der Waals surface area contributed by atoms with E-state index in [0.717, 1.165) is 0 Å². The van der Waals surface area contributed by atoms with E-state index >= 15 is 0 Å². The van der Waals surface area contributed by atoms with Crippen molar-refractivity contribution in [2.45, 2.75) is 5.75 Å². The van der Waals surface area contributed by atoms with E-state index in [1.165, 1.54) is 20.3 Å². The van der Waals surface area contributed by atoms with Gasteiger partial charge in [0.2, 0.25) is 9.05 Å². The average molecular weight is 285 g/mol. The molecule has 0 spiro atoms. The second-order valence-electron chi connectivity index (χ2n) is 2.94. The van der Waals surface area contributed by atoms with Gasteiger partial charge < -0.3 is 9.47 Å². The zero-order valence-corrected chi connectivity index (χ0v) is 11.0. The van der Waals surface area contributed by atoms with Crippen molar-refractivity contribution in [2.75, 3.05) is 14.2 Å². The van der Waals surface area contributed by atoms with Crippen LogP contribution in [0.1, 0.15) is 5.56 Å². The molecule has 0 N–H and O–H groups in total. The minimum Gasteiger partial charge on any atom is -0.493 e. The van der Waals surface area contributed by atoms with E-state index in [9.17, 15) is 8.42 Å². The van der Waals surface area contributed by atoms with Gasteiger partial charge in [0.15, 0.2) is 11.5 Å². The quantitative estimate of drug-likeness (QED) is 0.797. The van der Waals surface area contributed by atoms with Crippen LogP contribution in [0.3, 0.4) is 0 Å². The molecule has 0 aliphatic rings. The maximum atomic E-state index is 11.0. The molecule has 0 bridgehead atoms. The monoisotopic (exact) mass is 284 g/mol. The van der Waals surface area contributed by atoms with Crippen LogP contribution in [0.15, 0.2) is 12.1 Å². The Morgan fingerprint density at radius 1 is 1.25 bits per heavy atom. The van der Waals surface area contributed by atoms with Gasteiger partial charge in [0.05, 0.1) is 20.0 Å². The van der Waals surface area contributed by atoms with E-state index in [1.54, 1.807) is 6.07 Å². The molecule has 0 amide bonds. The van der Waals surface area contributed by atoms with Crippen molar-refractivity contribution in [3.05, 3.63) is 22.7 Å². The zero-order chi connectivity index (χ0) is 12.3. The van der Waals surface area contributed by atoms with Gasteiger partial charge in [-0.2, -0.15) is 0 Å². The Kier molecular flexibility index (Phi) is 4.29. The summed E-state index contributed by atoms with van der Waals surface area (Å²) in [5.74, 6) is 0.273. The predicted octanol–water partition coefficient (Wildman–Crippen LogP) is 2.43. The first-order valence-corrected chi connectivity index (χ1v) is 7.06. The summed E-state index contributed by atoms with van der Waals surface area (Å²) in [4.78, 5) is 0. The van der Waals surface area contributed by atoms with Crippen LogP contribution < -0.4 is 9.47 Å².